The second-order valence-electron chi connectivity index (χ2n) is 2.60. The Morgan fingerprint density at radius 3 is 3.23 bits per heavy atom. The lowest BCUT2D eigenvalue weighted by molar-refractivity contribution is 0.311. The fourth-order valence-electron chi connectivity index (χ4n) is 1.09. The number of hydrogen-bond acceptors (Lipinski definition) is 5. The number of thiophene rings is 1. The number of nitrogen functional groups attached to an aromatic ring is 1. The smallest absolute Gasteiger partial charge is 0.202 e. The van der Waals surface area contributed by atoms with E-state index in [2.05, 4.69) is 15.3 Å². The van der Waals surface area contributed by atoms with E-state index in [9.17, 15) is 0 Å². The van der Waals surface area contributed by atoms with Gasteiger partial charge in [0.1, 0.15) is 4.83 Å². The van der Waals surface area contributed by atoms with E-state index in [1.165, 1.54) is 11.3 Å². The molecule has 5 N–H and O–H groups in total. The van der Waals surface area contributed by atoms with Crippen LogP contribution in [0, 0.1) is 0 Å². The third-order valence-corrected chi connectivity index (χ3v) is 2.46. The summed E-state index contributed by atoms with van der Waals surface area (Å²) in [6.07, 6.45) is 0. The van der Waals surface area contributed by atoms with Crippen molar-refractivity contribution in [3.8, 4) is 0 Å². The molecule has 0 amide bonds. The number of anilines is 2. The number of H-pyrrole nitrogens is 1. The van der Waals surface area contributed by atoms with Gasteiger partial charge in [0.05, 0.1) is 17.1 Å². The summed E-state index contributed by atoms with van der Waals surface area (Å²) in [7, 11) is 0. The number of nitrogens with zero attached hydrogens (tertiary/aromatic N) is 1. The van der Waals surface area contributed by atoms with Crippen molar-refractivity contribution in [2.45, 2.75) is 0 Å². The van der Waals surface area contributed by atoms with Gasteiger partial charge >= 0.3 is 0 Å². The van der Waals surface area contributed by atoms with Gasteiger partial charge < -0.3 is 21.1 Å². The number of aliphatic hydroxyl groups excluding tert-OH is 1. The molecular weight excluding hydrogens is 188 g/mol. The molecule has 13 heavy (non-hydrogen) atoms. The summed E-state index contributed by atoms with van der Waals surface area (Å²) in [5.74, 6) is 0.676. The van der Waals surface area contributed by atoms with Crippen LogP contribution < -0.4 is 11.1 Å². The van der Waals surface area contributed by atoms with Crippen molar-refractivity contribution in [2.24, 2.45) is 0 Å². The molecule has 0 saturated heterocycles. The molecule has 0 aliphatic carbocycles. The fraction of sp³-hybridized carbons (Fsp3) is 0.286. The summed E-state index contributed by atoms with van der Waals surface area (Å²) < 4.78 is 0. The Labute approximate surface area is 78.6 Å². The van der Waals surface area contributed by atoms with Gasteiger partial charge in [-0.2, -0.15) is 0 Å². The molecule has 0 aliphatic heterocycles. The number of aliphatic hydroxyl groups is 1. The molecule has 2 heterocycles. The monoisotopic (exact) mass is 198 g/mol. The lowest BCUT2D eigenvalue weighted by atomic mass is 10.5. The molecule has 70 valence electrons. The van der Waals surface area contributed by atoms with Crippen LogP contribution in [-0.4, -0.2) is 28.2 Å². The zero-order valence-corrected chi connectivity index (χ0v) is 7.69. The Balaban J connectivity index is 2.24. The maximum atomic E-state index is 8.58. The molecule has 5 nitrogen and oxygen atoms in total. The number of aromatic nitrogens is 2. The van der Waals surface area contributed by atoms with Crippen molar-refractivity contribution in [2.75, 3.05) is 24.2 Å². The number of fused-ring (bicyclic) bond motifs is 1. The Morgan fingerprint density at radius 2 is 2.54 bits per heavy atom. The fourth-order valence-corrected chi connectivity index (χ4v) is 1.84. The first-order valence-corrected chi connectivity index (χ1v) is 4.71. The number of aromatic amines is 1. The number of rotatable bonds is 3. The first-order valence-electron chi connectivity index (χ1n) is 3.89. The van der Waals surface area contributed by atoms with Crippen LogP contribution in [0.2, 0.25) is 0 Å². The van der Waals surface area contributed by atoms with Gasteiger partial charge in [-0.1, -0.05) is 11.3 Å². The quantitative estimate of drug-likeness (QED) is 0.582. The van der Waals surface area contributed by atoms with Gasteiger partial charge in [-0.3, -0.25) is 0 Å². The molecule has 2 aromatic heterocycles. The highest BCUT2D eigenvalue weighted by atomic mass is 32.1. The summed E-state index contributed by atoms with van der Waals surface area (Å²) in [5, 5.41) is 12.3. The Hall–Kier alpha value is -1.27. The molecule has 0 aliphatic rings. The second kappa shape index (κ2) is 3.23. The van der Waals surface area contributed by atoms with Crippen molar-refractivity contribution < 1.29 is 5.11 Å². The Bertz CT molecular complexity index is 376. The molecule has 0 atom stereocenters. The van der Waals surface area contributed by atoms with Crippen LogP contribution in [0.25, 0.3) is 10.3 Å². The van der Waals surface area contributed by atoms with E-state index in [1.807, 2.05) is 6.07 Å². The van der Waals surface area contributed by atoms with E-state index in [4.69, 9.17) is 10.8 Å². The highest BCUT2D eigenvalue weighted by Crippen LogP contribution is 2.26. The molecule has 0 radical (unpaired) electrons. The van der Waals surface area contributed by atoms with Crippen molar-refractivity contribution >= 4 is 32.6 Å². The minimum absolute atomic E-state index is 0.0937. The highest BCUT2D eigenvalue weighted by Gasteiger charge is 2.04. The second-order valence-corrected chi connectivity index (χ2v) is 3.67. The van der Waals surface area contributed by atoms with E-state index in [0.29, 0.717) is 12.5 Å². The zero-order valence-electron chi connectivity index (χ0n) is 6.87. The Morgan fingerprint density at radius 1 is 1.69 bits per heavy atom. The summed E-state index contributed by atoms with van der Waals surface area (Å²) in [5.41, 5.74) is 6.52. The standard InChI is InChI=1S/C7H10N4OS/c8-5-3-4-6(13-5)11-7(10-4)9-1-2-12/h3,12H,1-2,8H2,(H2,9,10,11). The summed E-state index contributed by atoms with van der Waals surface area (Å²) in [6.45, 7) is 0.590. The number of nitrogens with one attached hydrogen (secondary N) is 2. The molecule has 0 unspecified atom stereocenters. The lowest BCUT2D eigenvalue weighted by Crippen LogP contribution is -2.06. The molecule has 0 spiro atoms. The van der Waals surface area contributed by atoms with Crippen LogP contribution in [0.15, 0.2) is 6.07 Å². The van der Waals surface area contributed by atoms with Crippen LogP contribution in [0.4, 0.5) is 10.9 Å². The maximum Gasteiger partial charge on any atom is 0.202 e. The molecule has 6 heteroatoms. The normalized spacial score (nSPS) is 10.8. The van der Waals surface area contributed by atoms with Gasteiger partial charge in [0.15, 0.2) is 0 Å². The first kappa shape index (κ1) is 8.33. The van der Waals surface area contributed by atoms with Crippen molar-refractivity contribution in [1.29, 1.82) is 0 Å². The predicted octanol–water partition coefficient (Wildman–Crippen LogP) is 0.611. The number of imidazole rings is 1. The van der Waals surface area contributed by atoms with Crippen molar-refractivity contribution in [3.63, 3.8) is 0 Å². The van der Waals surface area contributed by atoms with Crippen molar-refractivity contribution in [3.05, 3.63) is 6.07 Å². The summed E-state index contributed by atoms with van der Waals surface area (Å²) in [4.78, 5) is 8.17. The Kier molecular flexibility index (Phi) is 2.07. The van der Waals surface area contributed by atoms with Gasteiger partial charge in [0.25, 0.3) is 0 Å². The molecule has 0 bridgehead atoms. The topological polar surface area (TPSA) is 87.0 Å². The van der Waals surface area contributed by atoms with E-state index < -0.39 is 0 Å². The van der Waals surface area contributed by atoms with Crippen LogP contribution >= 0.6 is 11.3 Å². The summed E-state index contributed by atoms with van der Waals surface area (Å²) in [6, 6.07) is 1.84. The van der Waals surface area contributed by atoms with E-state index in [1.54, 1.807) is 0 Å². The predicted molar refractivity (Wildman–Crippen MR) is 54.0 cm³/mol. The molecule has 0 fully saturated rings. The van der Waals surface area contributed by atoms with Crippen LogP contribution in [0.5, 0.6) is 0 Å². The van der Waals surface area contributed by atoms with Crippen LogP contribution in [0.1, 0.15) is 0 Å². The number of hydrogen-bond donors (Lipinski definition) is 4. The van der Waals surface area contributed by atoms with E-state index >= 15 is 0 Å². The molecule has 0 aromatic carbocycles. The van der Waals surface area contributed by atoms with Crippen LogP contribution in [0.3, 0.4) is 0 Å². The largest absolute Gasteiger partial charge is 0.395 e. The molecule has 2 rings (SSSR count). The SMILES string of the molecule is Nc1cc2[nH]c(NCCO)nc2s1. The zero-order chi connectivity index (χ0) is 9.26. The van der Waals surface area contributed by atoms with Crippen molar-refractivity contribution in [1.82, 2.24) is 9.97 Å². The third-order valence-electron chi connectivity index (χ3n) is 1.60. The van der Waals surface area contributed by atoms with Gasteiger partial charge in [-0.15, -0.1) is 0 Å². The van der Waals surface area contributed by atoms with Gasteiger partial charge in [-0.05, 0) is 6.07 Å². The lowest BCUT2D eigenvalue weighted by Gasteiger charge is -1.96. The third kappa shape index (κ3) is 1.58. The average molecular weight is 198 g/mol. The summed E-state index contributed by atoms with van der Waals surface area (Å²) >= 11 is 1.44. The van der Waals surface area contributed by atoms with Gasteiger partial charge in [-0.25, -0.2) is 4.98 Å². The molecule has 0 saturated carbocycles. The maximum absolute atomic E-state index is 8.58. The van der Waals surface area contributed by atoms with E-state index in [-0.39, 0.29) is 6.61 Å². The molecule has 2 aromatic rings. The minimum Gasteiger partial charge on any atom is -0.395 e. The van der Waals surface area contributed by atoms with Gasteiger partial charge in [0.2, 0.25) is 5.95 Å². The van der Waals surface area contributed by atoms with E-state index in [0.717, 1.165) is 15.3 Å². The molecular formula is C7H10N4OS. The number of nitrogens with two attached hydrogens (primary N) is 1. The van der Waals surface area contributed by atoms with Crippen LogP contribution in [-0.2, 0) is 0 Å². The average Bonchev–Trinajstić information content (AvgIpc) is 2.57. The highest BCUT2D eigenvalue weighted by molar-refractivity contribution is 7.22. The van der Waals surface area contributed by atoms with Gasteiger partial charge in [0, 0.05) is 6.54 Å². The first-order chi connectivity index (χ1) is 6.29. The minimum atomic E-state index is 0.0937.